The second-order valence-electron chi connectivity index (χ2n) is 5.99. The van der Waals surface area contributed by atoms with Crippen molar-refractivity contribution in [3.8, 4) is 0 Å². The molecule has 0 fully saturated rings. The highest BCUT2D eigenvalue weighted by molar-refractivity contribution is 5.99. The number of unbranched alkanes of at least 4 members (excludes halogenated alkanes) is 1. The second kappa shape index (κ2) is 9.16. The van der Waals surface area contributed by atoms with Crippen molar-refractivity contribution in [1.29, 1.82) is 0 Å². The van der Waals surface area contributed by atoms with Crippen molar-refractivity contribution in [2.24, 2.45) is 5.10 Å². The molecule has 4 heteroatoms. The first-order valence-electron chi connectivity index (χ1n) is 8.92. The number of aryl methyl sites for hydroxylation is 3. The van der Waals surface area contributed by atoms with Crippen LogP contribution in [0, 0.1) is 0 Å². The van der Waals surface area contributed by atoms with Crippen LogP contribution in [-0.2, 0) is 19.3 Å². The number of rotatable bonds is 8. The van der Waals surface area contributed by atoms with Gasteiger partial charge in [-0.25, -0.2) is 15.4 Å². The summed E-state index contributed by atoms with van der Waals surface area (Å²) < 4.78 is 0. The number of hydrogen-bond acceptors (Lipinski definition) is 4. The van der Waals surface area contributed by atoms with E-state index in [2.05, 4.69) is 71.6 Å². The van der Waals surface area contributed by atoms with Gasteiger partial charge in [0.15, 0.2) is 0 Å². The topological polar surface area (TPSA) is 50.2 Å². The molecule has 128 valence electrons. The Labute approximate surface area is 145 Å². The van der Waals surface area contributed by atoms with Gasteiger partial charge in [-0.05, 0) is 49.8 Å². The van der Waals surface area contributed by atoms with Gasteiger partial charge in [0.1, 0.15) is 0 Å². The Morgan fingerprint density at radius 1 is 1.00 bits per heavy atom. The first-order chi connectivity index (χ1) is 11.7. The highest BCUT2D eigenvalue weighted by Crippen LogP contribution is 2.10. The Balaban J connectivity index is 2.08. The summed E-state index contributed by atoms with van der Waals surface area (Å²) in [6.45, 7) is 8.41. The highest BCUT2D eigenvalue weighted by atomic mass is 15.4. The Hall–Kier alpha value is -2.23. The van der Waals surface area contributed by atoms with Crippen molar-refractivity contribution in [2.75, 3.05) is 5.43 Å². The van der Waals surface area contributed by atoms with Crippen LogP contribution in [0.15, 0.2) is 35.4 Å². The summed E-state index contributed by atoms with van der Waals surface area (Å²) >= 11 is 0. The molecule has 0 saturated heterocycles. The Kier molecular flexibility index (Phi) is 6.91. The lowest BCUT2D eigenvalue weighted by atomic mass is 10.0. The van der Waals surface area contributed by atoms with Gasteiger partial charge in [-0.3, -0.25) is 0 Å². The van der Waals surface area contributed by atoms with E-state index in [1.807, 2.05) is 6.92 Å². The summed E-state index contributed by atoms with van der Waals surface area (Å²) in [7, 11) is 0. The van der Waals surface area contributed by atoms with Gasteiger partial charge in [-0.1, -0.05) is 51.5 Å². The normalized spacial score (nSPS) is 11.6. The summed E-state index contributed by atoms with van der Waals surface area (Å²) in [5.41, 5.74) is 8.51. The Morgan fingerprint density at radius 3 is 2.17 bits per heavy atom. The molecule has 0 aliphatic heterocycles. The Bertz CT molecular complexity index is 652. The maximum Gasteiger partial charge on any atom is 0.243 e. The molecule has 1 heterocycles. The lowest BCUT2D eigenvalue weighted by Crippen LogP contribution is -2.05. The molecule has 0 bridgehead atoms. The van der Waals surface area contributed by atoms with Gasteiger partial charge in [-0.2, -0.15) is 5.10 Å². The van der Waals surface area contributed by atoms with E-state index in [-0.39, 0.29) is 0 Å². The lowest BCUT2D eigenvalue weighted by Gasteiger charge is -2.07. The van der Waals surface area contributed by atoms with Crippen LogP contribution < -0.4 is 5.43 Å². The summed E-state index contributed by atoms with van der Waals surface area (Å²) in [6.07, 6.45) is 5.39. The standard InChI is InChI=1S/C20H28N4/c1-5-8-9-16-10-12-17(13-11-16)15(4)23-24-20-21-18(6-2)14-19(7-3)22-20/h10-14H,5-9H2,1-4H3,(H,21,22,24). The fourth-order valence-corrected chi connectivity index (χ4v) is 2.46. The zero-order valence-electron chi connectivity index (χ0n) is 15.3. The molecular weight excluding hydrogens is 296 g/mol. The quantitative estimate of drug-likeness (QED) is 0.561. The first kappa shape index (κ1) is 18.1. The van der Waals surface area contributed by atoms with E-state index in [0.29, 0.717) is 5.95 Å². The minimum Gasteiger partial charge on any atom is -0.245 e. The van der Waals surface area contributed by atoms with Crippen LogP contribution in [0.1, 0.15) is 63.1 Å². The number of benzene rings is 1. The fourth-order valence-electron chi connectivity index (χ4n) is 2.46. The Morgan fingerprint density at radius 2 is 1.62 bits per heavy atom. The molecule has 4 nitrogen and oxygen atoms in total. The maximum atomic E-state index is 4.48. The maximum absolute atomic E-state index is 4.48. The fraction of sp³-hybridized carbons (Fsp3) is 0.450. The molecule has 0 atom stereocenters. The molecule has 0 radical (unpaired) electrons. The molecule has 0 unspecified atom stereocenters. The molecule has 0 aliphatic rings. The molecule has 2 aromatic rings. The molecule has 0 spiro atoms. The van der Waals surface area contributed by atoms with Gasteiger partial charge < -0.3 is 0 Å². The monoisotopic (exact) mass is 324 g/mol. The molecule has 0 aliphatic carbocycles. The van der Waals surface area contributed by atoms with E-state index in [1.165, 1.54) is 18.4 Å². The van der Waals surface area contributed by atoms with Crippen molar-refractivity contribution in [2.45, 2.75) is 59.8 Å². The van der Waals surface area contributed by atoms with Crippen LogP contribution in [0.3, 0.4) is 0 Å². The van der Waals surface area contributed by atoms with Crippen molar-refractivity contribution in [1.82, 2.24) is 9.97 Å². The van der Waals surface area contributed by atoms with E-state index in [4.69, 9.17) is 0 Å². The molecule has 1 N–H and O–H groups in total. The summed E-state index contributed by atoms with van der Waals surface area (Å²) in [5, 5.41) is 4.45. The predicted molar refractivity (Wildman–Crippen MR) is 102 cm³/mol. The molecular formula is C20H28N4. The second-order valence-corrected chi connectivity index (χ2v) is 5.99. The molecule has 0 amide bonds. The first-order valence-corrected chi connectivity index (χ1v) is 8.92. The van der Waals surface area contributed by atoms with E-state index in [9.17, 15) is 0 Å². The van der Waals surface area contributed by atoms with Crippen molar-refractivity contribution in [3.05, 3.63) is 52.8 Å². The summed E-state index contributed by atoms with van der Waals surface area (Å²) in [5.74, 6) is 0.574. The number of aromatic nitrogens is 2. The van der Waals surface area contributed by atoms with Crippen molar-refractivity contribution < 1.29 is 0 Å². The number of anilines is 1. The number of nitrogens with zero attached hydrogens (tertiary/aromatic N) is 3. The third kappa shape index (κ3) is 5.15. The average Bonchev–Trinajstić information content (AvgIpc) is 2.64. The van der Waals surface area contributed by atoms with Gasteiger partial charge in [-0.15, -0.1) is 0 Å². The van der Waals surface area contributed by atoms with E-state index < -0.39 is 0 Å². The number of hydrogen-bond donors (Lipinski definition) is 1. The largest absolute Gasteiger partial charge is 0.245 e. The smallest absolute Gasteiger partial charge is 0.243 e. The highest BCUT2D eigenvalue weighted by Gasteiger charge is 2.03. The predicted octanol–water partition coefficient (Wildman–Crippen LogP) is 4.78. The van der Waals surface area contributed by atoms with Crippen LogP contribution in [0.5, 0.6) is 0 Å². The van der Waals surface area contributed by atoms with Crippen molar-refractivity contribution >= 4 is 11.7 Å². The number of nitrogens with one attached hydrogen (secondary N) is 1. The van der Waals surface area contributed by atoms with Crippen LogP contribution in [-0.4, -0.2) is 15.7 Å². The van der Waals surface area contributed by atoms with Crippen LogP contribution in [0.25, 0.3) is 0 Å². The molecule has 0 saturated carbocycles. The van der Waals surface area contributed by atoms with E-state index >= 15 is 0 Å². The SMILES string of the molecule is CCCCc1ccc(C(C)=NNc2nc(CC)cc(CC)n2)cc1. The minimum atomic E-state index is 0.574. The van der Waals surface area contributed by atoms with Gasteiger partial charge >= 0.3 is 0 Å². The molecule has 24 heavy (non-hydrogen) atoms. The van der Waals surface area contributed by atoms with Gasteiger partial charge in [0.25, 0.3) is 0 Å². The van der Waals surface area contributed by atoms with Crippen molar-refractivity contribution in [3.63, 3.8) is 0 Å². The third-order valence-electron chi connectivity index (χ3n) is 4.07. The minimum absolute atomic E-state index is 0.574. The average molecular weight is 324 g/mol. The van der Waals surface area contributed by atoms with E-state index in [1.54, 1.807) is 0 Å². The van der Waals surface area contributed by atoms with Crippen LogP contribution in [0.4, 0.5) is 5.95 Å². The molecule has 1 aromatic heterocycles. The zero-order chi connectivity index (χ0) is 17.4. The van der Waals surface area contributed by atoms with Gasteiger partial charge in [0.05, 0.1) is 5.71 Å². The summed E-state index contributed by atoms with van der Waals surface area (Å²) in [4.78, 5) is 8.97. The van der Waals surface area contributed by atoms with Gasteiger partial charge in [0.2, 0.25) is 5.95 Å². The van der Waals surface area contributed by atoms with Crippen LogP contribution >= 0.6 is 0 Å². The van der Waals surface area contributed by atoms with Gasteiger partial charge in [0, 0.05) is 11.4 Å². The number of hydrazone groups is 1. The lowest BCUT2D eigenvalue weighted by molar-refractivity contribution is 0.795. The molecule has 2 rings (SSSR count). The summed E-state index contributed by atoms with van der Waals surface area (Å²) in [6, 6.07) is 10.7. The zero-order valence-corrected chi connectivity index (χ0v) is 15.3. The third-order valence-corrected chi connectivity index (χ3v) is 4.07. The molecule has 1 aromatic carbocycles. The van der Waals surface area contributed by atoms with Crippen LogP contribution in [0.2, 0.25) is 0 Å². The van der Waals surface area contributed by atoms with E-state index in [0.717, 1.165) is 41.9 Å².